The highest BCUT2D eigenvalue weighted by Gasteiger charge is 2.21. The third kappa shape index (κ3) is 6.32. The average molecular weight is 205 g/mol. The zero-order valence-electron chi connectivity index (χ0n) is 9.67. The van der Waals surface area contributed by atoms with Crippen molar-refractivity contribution in [1.29, 1.82) is 0 Å². The van der Waals surface area contributed by atoms with Gasteiger partial charge in [0.2, 0.25) is 0 Å². The lowest BCUT2D eigenvalue weighted by Gasteiger charge is -2.28. The highest BCUT2D eigenvalue weighted by Crippen LogP contribution is 2.15. The molecule has 0 spiro atoms. The van der Waals surface area contributed by atoms with Crippen molar-refractivity contribution in [1.82, 2.24) is 5.32 Å². The average Bonchev–Trinajstić information content (AvgIpc) is 2.16. The van der Waals surface area contributed by atoms with Crippen molar-refractivity contribution in [2.75, 3.05) is 34.0 Å². The standard InChI is InChI=1S/C10H23NO3/c1-10(2,14-4)7-9(8-12)11-5-6-13-3/h9,11-12H,5-8H2,1-4H3. The number of rotatable bonds is 8. The second-order valence-corrected chi connectivity index (χ2v) is 3.99. The van der Waals surface area contributed by atoms with Crippen molar-refractivity contribution < 1.29 is 14.6 Å². The summed E-state index contributed by atoms with van der Waals surface area (Å²) >= 11 is 0. The molecule has 0 rings (SSSR count). The van der Waals surface area contributed by atoms with Crippen LogP contribution in [0.2, 0.25) is 0 Å². The Morgan fingerprint density at radius 1 is 1.36 bits per heavy atom. The highest BCUT2D eigenvalue weighted by molar-refractivity contribution is 4.77. The van der Waals surface area contributed by atoms with Crippen LogP contribution in [0, 0.1) is 0 Å². The van der Waals surface area contributed by atoms with E-state index in [2.05, 4.69) is 5.32 Å². The van der Waals surface area contributed by atoms with Gasteiger partial charge in [0, 0.05) is 26.8 Å². The number of aliphatic hydroxyl groups excluding tert-OH is 1. The molecular weight excluding hydrogens is 182 g/mol. The van der Waals surface area contributed by atoms with Crippen LogP contribution in [0.3, 0.4) is 0 Å². The first-order chi connectivity index (χ1) is 6.55. The molecule has 0 bridgehead atoms. The molecular formula is C10H23NO3. The summed E-state index contributed by atoms with van der Waals surface area (Å²) in [5.74, 6) is 0. The zero-order chi connectivity index (χ0) is 11.0. The lowest BCUT2D eigenvalue weighted by molar-refractivity contribution is 0.00108. The molecule has 4 heteroatoms. The number of aliphatic hydroxyl groups is 1. The van der Waals surface area contributed by atoms with Gasteiger partial charge in [0.25, 0.3) is 0 Å². The third-order valence-electron chi connectivity index (χ3n) is 2.25. The molecule has 0 aliphatic heterocycles. The van der Waals surface area contributed by atoms with Crippen molar-refractivity contribution in [2.24, 2.45) is 0 Å². The minimum absolute atomic E-state index is 0.0695. The SMILES string of the molecule is COCCNC(CO)CC(C)(C)OC. The second kappa shape index (κ2) is 7.17. The van der Waals surface area contributed by atoms with E-state index in [0.29, 0.717) is 6.61 Å². The van der Waals surface area contributed by atoms with Crippen LogP contribution in [0.5, 0.6) is 0 Å². The Morgan fingerprint density at radius 2 is 2.00 bits per heavy atom. The fraction of sp³-hybridized carbons (Fsp3) is 1.00. The van der Waals surface area contributed by atoms with Gasteiger partial charge in [0.05, 0.1) is 18.8 Å². The third-order valence-corrected chi connectivity index (χ3v) is 2.25. The van der Waals surface area contributed by atoms with Crippen LogP contribution >= 0.6 is 0 Å². The van der Waals surface area contributed by atoms with E-state index in [9.17, 15) is 0 Å². The van der Waals surface area contributed by atoms with Gasteiger partial charge in [-0.2, -0.15) is 0 Å². The Balaban J connectivity index is 3.78. The Labute approximate surface area is 86.6 Å². The molecule has 2 N–H and O–H groups in total. The summed E-state index contributed by atoms with van der Waals surface area (Å²) in [5, 5.41) is 12.3. The van der Waals surface area contributed by atoms with Gasteiger partial charge in [-0.25, -0.2) is 0 Å². The van der Waals surface area contributed by atoms with Crippen LogP contribution in [0.15, 0.2) is 0 Å². The summed E-state index contributed by atoms with van der Waals surface area (Å²) in [5.41, 5.74) is -0.201. The molecule has 0 saturated heterocycles. The van der Waals surface area contributed by atoms with Crippen LogP contribution in [0.4, 0.5) is 0 Å². The topological polar surface area (TPSA) is 50.7 Å². The van der Waals surface area contributed by atoms with Crippen LogP contribution in [0.25, 0.3) is 0 Å². The quantitative estimate of drug-likeness (QED) is 0.563. The van der Waals surface area contributed by atoms with E-state index in [1.165, 1.54) is 0 Å². The molecule has 0 aromatic carbocycles. The van der Waals surface area contributed by atoms with Crippen LogP contribution in [-0.2, 0) is 9.47 Å². The van der Waals surface area contributed by atoms with E-state index in [4.69, 9.17) is 14.6 Å². The molecule has 0 radical (unpaired) electrons. The summed E-state index contributed by atoms with van der Waals surface area (Å²) in [4.78, 5) is 0. The van der Waals surface area contributed by atoms with Crippen LogP contribution in [0.1, 0.15) is 20.3 Å². The van der Waals surface area contributed by atoms with Gasteiger partial charge in [-0.05, 0) is 20.3 Å². The van der Waals surface area contributed by atoms with Crippen molar-refractivity contribution in [3.05, 3.63) is 0 Å². The lowest BCUT2D eigenvalue weighted by atomic mass is 9.99. The zero-order valence-corrected chi connectivity index (χ0v) is 9.67. The van der Waals surface area contributed by atoms with E-state index in [-0.39, 0.29) is 18.2 Å². The van der Waals surface area contributed by atoms with Crippen LogP contribution < -0.4 is 5.32 Å². The first-order valence-electron chi connectivity index (χ1n) is 4.94. The van der Waals surface area contributed by atoms with Crippen molar-refractivity contribution in [3.63, 3.8) is 0 Å². The van der Waals surface area contributed by atoms with Gasteiger partial charge in [0.15, 0.2) is 0 Å². The van der Waals surface area contributed by atoms with Gasteiger partial charge in [-0.15, -0.1) is 0 Å². The van der Waals surface area contributed by atoms with Gasteiger partial charge in [0.1, 0.15) is 0 Å². The Bertz CT molecular complexity index is 139. The first-order valence-corrected chi connectivity index (χ1v) is 4.94. The lowest BCUT2D eigenvalue weighted by Crippen LogP contribution is -2.41. The summed E-state index contributed by atoms with van der Waals surface area (Å²) in [6.45, 7) is 5.54. The number of ether oxygens (including phenoxy) is 2. The highest BCUT2D eigenvalue weighted by atomic mass is 16.5. The molecule has 86 valence electrons. The minimum Gasteiger partial charge on any atom is -0.395 e. The molecule has 0 fully saturated rings. The van der Waals surface area contributed by atoms with E-state index in [0.717, 1.165) is 13.0 Å². The summed E-state index contributed by atoms with van der Waals surface area (Å²) in [7, 11) is 3.35. The molecule has 0 aromatic rings. The summed E-state index contributed by atoms with van der Waals surface area (Å²) < 4.78 is 10.2. The monoisotopic (exact) mass is 205 g/mol. The van der Waals surface area contributed by atoms with Gasteiger partial charge in [-0.1, -0.05) is 0 Å². The fourth-order valence-electron chi connectivity index (χ4n) is 1.24. The summed E-state index contributed by atoms with van der Waals surface area (Å²) in [6, 6.07) is 0.0695. The fourth-order valence-corrected chi connectivity index (χ4v) is 1.24. The van der Waals surface area contributed by atoms with Gasteiger partial charge < -0.3 is 19.9 Å². The molecule has 4 nitrogen and oxygen atoms in total. The smallest absolute Gasteiger partial charge is 0.0638 e. The molecule has 0 aromatic heterocycles. The molecule has 1 unspecified atom stereocenters. The molecule has 0 heterocycles. The maximum atomic E-state index is 9.13. The molecule has 0 amide bonds. The number of hydrogen-bond donors (Lipinski definition) is 2. The van der Waals surface area contributed by atoms with Crippen LogP contribution in [-0.4, -0.2) is 50.7 Å². The molecule has 0 aliphatic carbocycles. The predicted octanol–water partition coefficient (Wildman–Crippen LogP) is 0.398. The summed E-state index contributed by atoms with van der Waals surface area (Å²) in [6.07, 6.45) is 0.781. The van der Waals surface area contributed by atoms with E-state index in [1.807, 2.05) is 13.8 Å². The Morgan fingerprint density at radius 3 is 2.43 bits per heavy atom. The Hall–Kier alpha value is -0.160. The number of methoxy groups -OCH3 is 2. The molecule has 1 atom stereocenters. The minimum atomic E-state index is -0.201. The van der Waals surface area contributed by atoms with Crippen molar-refractivity contribution in [2.45, 2.75) is 31.9 Å². The van der Waals surface area contributed by atoms with Gasteiger partial charge >= 0.3 is 0 Å². The number of hydrogen-bond acceptors (Lipinski definition) is 4. The first kappa shape index (κ1) is 13.8. The molecule has 0 saturated carbocycles. The van der Waals surface area contributed by atoms with Crippen molar-refractivity contribution >= 4 is 0 Å². The van der Waals surface area contributed by atoms with Gasteiger partial charge in [-0.3, -0.25) is 0 Å². The molecule has 0 aliphatic rings. The van der Waals surface area contributed by atoms with E-state index >= 15 is 0 Å². The predicted molar refractivity (Wildman–Crippen MR) is 56.5 cm³/mol. The maximum Gasteiger partial charge on any atom is 0.0638 e. The number of nitrogens with one attached hydrogen (secondary N) is 1. The second-order valence-electron chi connectivity index (χ2n) is 3.99. The largest absolute Gasteiger partial charge is 0.395 e. The maximum absolute atomic E-state index is 9.13. The Kier molecular flexibility index (Phi) is 7.09. The van der Waals surface area contributed by atoms with E-state index in [1.54, 1.807) is 14.2 Å². The molecule has 14 heavy (non-hydrogen) atoms. The van der Waals surface area contributed by atoms with Crippen molar-refractivity contribution in [3.8, 4) is 0 Å². The van der Waals surface area contributed by atoms with E-state index < -0.39 is 0 Å². The normalized spacial score (nSPS) is 14.4.